The second-order valence-electron chi connectivity index (χ2n) is 3.97. The molecule has 0 spiro atoms. The predicted octanol–water partition coefficient (Wildman–Crippen LogP) is 2.09. The van der Waals surface area contributed by atoms with Crippen molar-refractivity contribution in [3.8, 4) is 0 Å². The standard InChI is InChI=1S/C10H9ClF3N3O/c11-4-6-3-8(18)17(5-6)9-15-2-1-7(16-9)10(12,13)14/h1-2,6H,3-5H2. The summed E-state index contributed by atoms with van der Waals surface area (Å²) in [6, 6.07) is 0.767. The van der Waals surface area contributed by atoms with Crippen molar-refractivity contribution in [2.24, 2.45) is 5.92 Å². The predicted molar refractivity (Wildman–Crippen MR) is 58.2 cm³/mol. The second kappa shape index (κ2) is 4.72. The molecule has 4 nitrogen and oxygen atoms in total. The molecule has 0 saturated carbocycles. The molecule has 1 fully saturated rings. The molecule has 0 bridgehead atoms. The number of rotatable bonds is 2. The van der Waals surface area contributed by atoms with E-state index in [0.29, 0.717) is 0 Å². The van der Waals surface area contributed by atoms with Gasteiger partial charge in [0.25, 0.3) is 0 Å². The van der Waals surface area contributed by atoms with E-state index in [4.69, 9.17) is 11.6 Å². The number of halogens is 4. The van der Waals surface area contributed by atoms with E-state index in [1.54, 1.807) is 0 Å². The molecule has 0 aromatic carbocycles. The minimum absolute atomic E-state index is 0.0719. The first-order valence-electron chi connectivity index (χ1n) is 5.18. The number of amides is 1. The average Bonchev–Trinajstić information content (AvgIpc) is 2.70. The van der Waals surface area contributed by atoms with Crippen LogP contribution in [-0.4, -0.2) is 28.3 Å². The van der Waals surface area contributed by atoms with Crippen molar-refractivity contribution in [3.63, 3.8) is 0 Å². The Morgan fingerprint density at radius 1 is 1.50 bits per heavy atom. The molecular formula is C10H9ClF3N3O. The van der Waals surface area contributed by atoms with Crippen LogP contribution in [0.5, 0.6) is 0 Å². The summed E-state index contributed by atoms with van der Waals surface area (Å²) in [6.45, 7) is 0.254. The molecule has 1 aliphatic rings. The van der Waals surface area contributed by atoms with Crippen LogP contribution in [0, 0.1) is 5.92 Å². The van der Waals surface area contributed by atoms with Crippen LogP contribution in [0.3, 0.4) is 0 Å². The van der Waals surface area contributed by atoms with E-state index in [2.05, 4.69) is 9.97 Å². The third kappa shape index (κ3) is 2.55. The molecule has 1 aromatic heterocycles. The van der Waals surface area contributed by atoms with Crippen LogP contribution in [0.1, 0.15) is 12.1 Å². The van der Waals surface area contributed by atoms with Gasteiger partial charge in [-0.25, -0.2) is 9.97 Å². The molecule has 2 rings (SSSR count). The van der Waals surface area contributed by atoms with Crippen LogP contribution in [0.4, 0.5) is 19.1 Å². The largest absolute Gasteiger partial charge is 0.433 e. The van der Waals surface area contributed by atoms with Gasteiger partial charge in [0, 0.05) is 25.0 Å². The van der Waals surface area contributed by atoms with E-state index in [-0.39, 0.29) is 36.6 Å². The molecule has 0 N–H and O–H groups in total. The lowest BCUT2D eigenvalue weighted by molar-refractivity contribution is -0.141. The summed E-state index contributed by atoms with van der Waals surface area (Å²) in [7, 11) is 0. The van der Waals surface area contributed by atoms with E-state index >= 15 is 0 Å². The highest BCUT2D eigenvalue weighted by Gasteiger charge is 2.36. The number of alkyl halides is 4. The summed E-state index contributed by atoms with van der Waals surface area (Å²) in [4.78, 5) is 19.8. The topological polar surface area (TPSA) is 46.1 Å². The monoisotopic (exact) mass is 279 g/mol. The first-order chi connectivity index (χ1) is 8.41. The summed E-state index contributed by atoms with van der Waals surface area (Å²) in [5.41, 5.74) is -1.06. The number of aromatic nitrogens is 2. The van der Waals surface area contributed by atoms with Crippen LogP contribution in [0.25, 0.3) is 0 Å². The van der Waals surface area contributed by atoms with Gasteiger partial charge >= 0.3 is 6.18 Å². The van der Waals surface area contributed by atoms with Gasteiger partial charge in [0.1, 0.15) is 5.69 Å². The van der Waals surface area contributed by atoms with Gasteiger partial charge < -0.3 is 0 Å². The van der Waals surface area contributed by atoms with Gasteiger partial charge in [-0.15, -0.1) is 11.6 Å². The number of hydrogen-bond acceptors (Lipinski definition) is 3. The lowest BCUT2D eigenvalue weighted by Gasteiger charge is -2.15. The molecular weight excluding hydrogens is 271 g/mol. The highest BCUT2D eigenvalue weighted by molar-refractivity contribution is 6.18. The maximum Gasteiger partial charge on any atom is 0.433 e. The van der Waals surface area contributed by atoms with Crippen LogP contribution in [0.15, 0.2) is 12.3 Å². The number of hydrogen-bond donors (Lipinski definition) is 0. The number of carbonyl (C=O) groups is 1. The Morgan fingerprint density at radius 3 is 2.78 bits per heavy atom. The van der Waals surface area contributed by atoms with E-state index in [0.717, 1.165) is 17.2 Å². The van der Waals surface area contributed by atoms with Crippen LogP contribution in [0.2, 0.25) is 0 Å². The molecule has 1 aliphatic heterocycles. The van der Waals surface area contributed by atoms with Crippen molar-refractivity contribution < 1.29 is 18.0 Å². The minimum atomic E-state index is -4.55. The van der Waals surface area contributed by atoms with E-state index in [9.17, 15) is 18.0 Å². The fraction of sp³-hybridized carbons (Fsp3) is 0.500. The smallest absolute Gasteiger partial charge is 0.280 e. The van der Waals surface area contributed by atoms with Gasteiger partial charge in [-0.2, -0.15) is 13.2 Å². The maximum absolute atomic E-state index is 12.5. The first kappa shape index (κ1) is 13.1. The van der Waals surface area contributed by atoms with Crippen molar-refractivity contribution in [2.75, 3.05) is 17.3 Å². The number of carbonyl (C=O) groups excluding carboxylic acids is 1. The summed E-state index contributed by atoms with van der Waals surface area (Å²) < 4.78 is 37.4. The molecule has 18 heavy (non-hydrogen) atoms. The molecule has 0 aliphatic carbocycles. The number of nitrogens with zero attached hydrogens (tertiary/aromatic N) is 3. The van der Waals surface area contributed by atoms with Gasteiger partial charge in [0.15, 0.2) is 0 Å². The molecule has 1 atom stereocenters. The lowest BCUT2D eigenvalue weighted by Crippen LogP contribution is -2.27. The number of anilines is 1. The Balaban J connectivity index is 2.27. The highest BCUT2D eigenvalue weighted by atomic mass is 35.5. The van der Waals surface area contributed by atoms with Gasteiger partial charge in [0.05, 0.1) is 0 Å². The molecule has 1 aromatic rings. The second-order valence-corrected chi connectivity index (χ2v) is 4.28. The maximum atomic E-state index is 12.5. The molecule has 8 heteroatoms. The summed E-state index contributed by atoms with van der Waals surface area (Å²) in [6.07, 6.45) is -3.35. The van der Waals surface area contributed by atoms with E-state index in [1.165, 1.54) is 0 Å². The fourth-order valence-corrected chi connectivity index (χ4v) is 1.92. The summed E-state index contributed by atoms with van der Waals surface area (Å²) in [5, 5.41) is 0. The summed E-state index contributed by atoms with van der Waals surface area (Å²) in [5.74, 6) is -0.319. The third-order valence-corrected chi connectivity index (χ3v) is 3.03. The van der Waals surface area contributed by atoms with Crippen LogP contribution in [-0.2, 0) is 11.0 Å². The zero-order valence-electron chi connectivity index (χ0n) is 9.12. The minimum Gasteiger partial charge on any atom is -0.280 e. The Hall–Kier alpha value is -1.37. The fourth-order valence-electron chi connectivity index (χ4n) is 1.71. The van der Waals surface area contributed by atoms with Crippen molar-refractivity contribution in [3.05, 3.63) is 18.0 Å². The molecule has 1 saturated heterocycles. The Kier molecular flexibility index (Phi) is 3.43. The summed E-state index contributed by atoms with van der Waals surface area (Å²) >= 11 is 5.63. The van der Waals surface area contributed by atoms with Crippen molar-refractivity contribution >= 4 is 23.5 Å². The van der Waals surface area contributed by atoms with Crippen LogP contribution < -0.4 is 4.90 Å². The van der Waals surface area contributed by atoms with Crippen molar-refractivity contribution in [1.82, 2.24) is 9.97 Å². The Labute approximate surface area is 106 Å². The van der Waals surface area contributed by atoms with Crippen molar-refractivity contribution in [1.29, 1.82) is 0 Å². The zero-order chi connectivity index (χ0) is 13.3. The van der Waals surface area contributed by atoms with Gasteiger partial charge in [-0.3, -0.25) is 9.69 Å². The molecule has 98 valence electrons. The first-order valence-corrected chi connectivity index (χ1v) is 5.72. The zero-order valence-corrected chi connectivity index (χ0v) is 9.87. The third-order valence-electron chi connectivity index (χ3n) is 2.60. The Bertz CT molecular complexity index is 466. The van der Waals surface area contributed by atoms with Gasteiger partial charge in [-0.1, -0.05) is 0 Å². The Morgan fingerprint density at radius 2 is 2.22 bits per heavy atom. The SMILES string of the molecule is O=C1CC(CCl)CN1c1nccc(C(F)(F)F)n1. The lowest BCUT2D eigenvalue weighted by atomic mass is 10.2. The quantitative estimate of drug-likeness (QED) is 0.779. The normalized spacial score (nSPS) is 20.6. The highest BCUT2D eigenvalue weighted by Crippen LogP contribution is 2.29. The molecule has 0 radical (unpaired) electrons. The van der Waals surface area contributed by atoms with Gasteiger partial charge in [0.2, 0.25) is 11.9 Å². The van der Waals surface area contributed by atoms with E-state index < -0.39 is 11.9 Å². The van der Waals surface area contributed by atoms with Crippen molar-refractivity contribution in [2.45, 2.75) is 12.6 Å². The molecule has 1 unspecified atom stereocenters. The van der Waals surface area contributed by atoms with Crippen LogP contribution >= 0.6 is 11.6 Å². The van der Waals surface area contributed by atoms with E-state index in [1.807, 2.05) is 0 Å². The molecule has 1 amide bonds. The molecule has 2 heterocycles. The average molecular weight is 280 g/mol. The van der Waals surface area contributed by atoms with Gasteiger partial charge in [-0.05, 0) is 12.0 Å².